The highest BCUT2D eigenvalue weighted by atomic mass is 16.4. The Morgan fingerprint density at radius 3 is 2.95 bits per heavy atom. The van der Waals surface area contributed by atoms with Gasteiger partial charge in [-0.15, -0.1) is 0 Å². The zero-order valence-electron chi connectivity index (χ0n) is 13.4. The van der Waals surface area contributed by atoms with Crippen LogP contribution >= 0.6 is 0 Å². The smallest absolute Gasteiger partial charge is 0.336 e. The first-order chi connectivity index (χ1) is 10.7. The monoisotopic (exact) mass is 300 g/mol. The van der Waals surface area contributed by atoms with Crippen LogP contribution < -0.4 is 10.9 Å². The molecule has 3 rings (SSSR count). The van der Waals surface area contributed by atoms with Gasteiger partial charge >= 0.3 is 5.63 Å². The van der Waals surface area contributed by atoms with E-state index in [1.807, 2.05) is 13.0 Å². The quantitative estimate of drug-likeness (QED) is 0.862. The maximum absolute atomic E-state index is 11.9. The summed E-state index contributed by atoms with van der Waals surface area (Å²) in [7, 11) is 0. The number of aryl methyl sites for hydroxylation is 1. The SMILES string of the molecule is CCCN(Cc1cc(=O)oc2cc(C)ccc12)C1CCNC1. The Hall–Kier alpha value is -1.65. The largest absolute Gasteiger partial charge is 0.423 e. The lowest BCUT2D eigenvalue weighted by Crippen LogP contribution is -2.37. The van der Waals surface area contributed by atoms with Gasteiger partial charge in [-0.3, -0.25) is 4.90 Å². The van der Waals surface area contributed by atoms with Crippen molar-refractivity contribution in [2.24, 2.45) is 0 Å². The van der Waals surface area contributed by atoms with Crippen LogP contribution in [0.5, 0.6) is 0 Å². The van der Waals surface area contributed by atoms with Gasteiger partial charge in [-0.25, -0.2) is 4.79 Å². The van der Waals surface area contributed by atoms with Gasteiger partial charge in [-0.1, -0.05) is 19.1 Å². The van der Waals surface area contributed by atoms with Crippen molar-refractivity contribution in [3.05, 3.63) is 45.8 Å². The van der Waals surface area contributed by atoms with Gasteiger partial charge < -0.3 is 9.73 Å². The van der Waals surface area contributed by atoms with E-state index in [1.54, 1.807) is 6.07 Å². The molecular formula is C18H24N2O2. The second kappa shape index (κ2) is 6.63. The summed E-state index contributed by atoms with van der Waals surface area (Å²) >= 11 is 0. The number of rotatable bonds is 5. The third-order valence-electron chi connectivity index (χ3n) is 4.42. The van der Waals surface area contributed by atoms with Gasteiger partial charge in [0.1, 0.15) is 5.58 Å². The van der Waals surface area contributed by atoms with Crippen molar-refractivity contribution < 1.29 is 4.42 Å². The summed E-state index contributed by atoms with van der Waals surface area (Å²) in [4.78, 5) is 14.4. The Morgan fingerprint density at radius 2 is 2.23 bits per heavy atom. The minimum atomic E-state index is -0.255. The molecule has 2 aromatic rings. The molecule has 4 nitrogen and oxygen atoms in total. The predicted octanol–water partition coefficient (Wildman–Crippen LogP) is 2.68. The standard InChI is InChI=1S/C18H24N2O2/c1-3-8-20(15-6-7-19-11-15)12-14-10-18(21)22-17-9-13(2)4-5-16(14)17/h4-5,9-10,15,19H,3,6-8,11-12H2,1-2H3. The second-order valence-corrected chi connectivity index (χ2v) is 6.21. The van der Waals surface area contributed by atoms with Gasteiger partial charge in [0, 0.05) is 30.6 Å². The number of fused-ring (bicyclic) bond motifs is 1. The molecule has 22 heavy (non-hydrogen) atoms. The molecule has 1 aliphatic heterocycles. The van der Waals surface area contributed by atoms with Crippen LogP contribution in [0.25, 0.3) is 11.0 Å². The van der Waals surface area contributed by atoms with Crippen molar-refractivity contribution in [2.75, 3.05) is 19.6 Å². The molecule has 1 saturated heterocycles. The van der Waals surface area contributed by atoms with Crippen LogP contribution in [0, 0.1) is 6.92 Å². The van der Waals surface area contributed by atoms with Crippen molar-refractivity contribution in [2.45, 2.75) is 39.3 Å². The fraction of sp³-hybridized carbons (Fsp3) is 0.500. The highest BCUT2D eigenvalue weighted by Gasteiger charge is 2.22. The molecule has 1 aromatic heterocycles. The molecule has 1 unspecified atom stereocenters. The Kier molecular flexibility index (Phi) is 4.60. The summed E-state index contributed by atoms with van der Waals surface area (Å²) in [5.74, 6) is 0. The molecule has 1 atom stereocenters. The maximum atomic E-state index is 11.9. The van der Waals surface area contributed by atoms with E-state index in [4.69, 9.17) is 4.42 Å². The zero-order chi connectivity index (χ0) is 15.5. The minimum absolute atomic E-state index is 0.255. The van der Waals surface area contributed by atoms with E-state index in [1.165, 1.54) is 6.42 Å². The van der Waals surface area contributed by atoms with Crippen LogP contribution in [0.1, 0.15) is 30.9 Å². The average molecular weight is 300 g/mol. The molecule has 0 bridgehead atoms. The highest BCUT2D eigenvalue weighted by Crippen LogP contribution is 2.22. The molecule has 0 spiro atoms. The number of nitrogens with zero attached hydrogens (tertiary/aromatic N) is 1. The summed E-state index contributed by atoms with van der Waals surface area (Å²) in [5, 5.41) is 4.48. The second-order valence-electron chi connectivity index (χ2n) is 6.21. The molecular weight excluding hydrogens is 276 g/mol. The van der Waals surface area contributed by atoms with Crippen molar-refractivity contribution >= 4 is 11.0 Å². The van der Waals surface area contributed by atoms with E-state index >= 15 is 0 Å². The Bertz CT molecular complexity index is 702. The molecule has 1 N–H and O–H groups in total. The molecule has 1 aromatic carbocycles. The lowest BCUT2D eigenvalue weighted by Gasteiger charge is -2.28. The third-order valence-corrected chi connectivity index (χ3v) is 4.42. The topological polar surface area (TPSA) is 45.5 Å². The van der Waals surface area contributed by atoms with Gasteiger partial charge in [0.25, 0.3) is 0 Å². The normalized spacial score (nSPS) is 18.4. The molecule has 0 aliphatic carbocycles. The van der Waals surface area contributed by atoms with E-state index in [9.17, 15) is 4.79 Å². The van der Waals surface area contributed by atoms with Crippen molar-refractivity contribution in [1.29, 1.82) is 0 Å². The minimum Gasteiger partial charge on any atom is -0.423 e. The summed E-state index contributed by atoms with van der Waals surface area (Å²) in [5.41, 5.74) is 2.63. The molecule has 0 amide bonds. The van der Waals surface area contributed by atoms with Crippen LogP contribution in [0.15, 0.2) is 33.5 Å². The van der Waals surface area contributed by atoms with Crippen LogP contribution in [-0.2, 0) is 6.54 Å². The highest BCUT2D eigenvalue weighted by molar-refractivity contribution is 5.80. The van der Waals surface area contributed by atoms with Gasteiger partial charge in [0.15, 0.2) is 0 Å². The van der Waals surface area contributed by atoms with E-state index in [-0.39, 0.29) is 5.63 Å². The molecule has 1 aliphatic rings. The molecule has 0 saturated carbocycles. The summed E-state index contributed by atoms with van der Waals surface area (Å²) < 4.78 is 5.36. The molecule has 0 radical (unpaired) electrons. The maximum Gasteiger partial charge on any atom is 0.336 e. The predicted molar refractivity (Wildman–Crippen MR) is 89.2 cm³/mol. The van der Waals surface area contributed by atoms with E-state index < -0.39 is 0 Å². The average Bonchev–Trinajstić information content (AvgIpc) is 3.00. The van der Waals surface area contributed by atoms with Crippen LogP contribution in [0.2, 0.25) is 0 Å². The van der Waals surface area contributed by atoms with E-state index in [0.29, 0.717) is 11.6 Å². The molecule has 2 heterocycles. The fourth-order valence-electron chi connectivity index (χ4n) is 3.32. The number of hydrogen-bond acceptors (Lipinski definition) is 4. The van der Waals surface area contributed by atoms with Gasteiger partial charge in [0.05, 0.1) is 0 Å². The Labute approximate surface area is 131 Å². The van der Waals surface area contributed by atoms with Gasteiger partial charge in [0.2, 0.25) is 0 Å². The Balaban J connectivity index is 1.95. The molecule has 4 heteroatoms. The zero-order valence-corrected chi connectivity index (χ0v) is 13.4. The lowest BCUT2D eigenvalue weighted by atomic mass is 10.1. The first-order valence-electron chi connectivity index (χ1n) is 8.15. The van der Waals surface area contributed by atoms with Crippen molar-refractivity contribution in [3.63, 3.8) is 0 Å². The van der Waals surface area contributed by atoms with Gasteiger partial charge in [-0.2, -0.15) is 0 Å². The van der Waals surface area contributed by atoms with Crippen LogP contribution in [0.4, 0.5) is 0 Å². The van der Waals surface area contributed by atoms with Crippen LogP contribution in [-0.4, -0.2) is 30.6 Å². The van der Waals surface area contributed by atoms with E-state index in [0.717, 1.165) is 49.1 Å². The number of nitrogens with one attached hydrogen (secondary N) is 1. The third kappa shape index (κ3) is 3.23. The fourth-order valence-corrected chi connectivity index (χ4v) is 3.32. The first-order valence-corrected chi connectivity index (χ1v) is 8.15. The summed E-state index contributed by atoms with van der Waals surface area (Å²) in [6.07, 6.45) is 2.30. The summed E-state index contributed by atoms with van der Waals surface area (Å²) in [6, 6.07) is 8.31. The number of benzene rings is 1. The van der Waals surface area contributed by atoms with Crippen molar-refractivity contribution in [3.8, 4) is 0 Å². The molecule has 118 valence electrons. The van der Waals surface area contributed by atoms with Gasteiger partial charge in [-0.05, 0) is 50.0 Å². The van der Waals surface area contributed by atoms with Crippen molar-refractivity contribution in [1.82, 2.24) is 10.2 Å². The number of hydrogen-bond donors (Lipinski definition) is 1. The lowest BCUT2D eigenvalue weighted by molar-refractivity contribution is 0.200. The van der Waals surface area contributed by atoms with Crippen LogP contribution in [0.3, 0.4) is 0 Å². The van der Waals surface area contributed by atoms with E-state index in [2.05, 4.69) is 29.3 Å². The summed E-state index contributed by atoms with van der Waals surface area (Å²) in [6.45, 7) is 8.21. The first kappa shape index (κ1) is 15.3. The molecule has 1 fully saturated rings. The Morgan fingerprint density at radius 1 is 1.36 bits per heavy atom.